The number of carbonyl (C=O) groups is 1. The Hall–Kier alpha value is -1.37. The molecule has 1 saturated carbocycles. The van der Waals surface area contributed by atoms with Gasteiger partial charge in [0.05, 0.1) is 10.0 Å². The second kappa shape index (κ2) is 5.79. The van der Waals surface area contributed by atoms with Crippen molar-refractivity contribution in [2.75, 3.05) is 0 Å². The quantitative estimate of drug-likeness (QED) is 0.777. The number of rotatable bonds is 1. The van der Waals surface area contributed by atoms with E-state index in [2.05, 4.69) is 17.2 Å². The van der Waals surface area contributed by atoms with Gasteiger partial charge in [0.15, 0.2) is 0 Å². The maximum absolute atomic E-state index is 11.8. The summed E-state index contributed by atoms with van der Waals surface area (Å²) in [4.78, 5) is 11.8. The van der Waals surface area contributed by atoms with Crippen molar-refractivity contribution in [3.8, 4) is 11.8 Å². The molecule has 0 heterocycles. The largest absolute Gasteiger partial charge is 0.444 e. The first kappa shape index (κ1) is 16.0. The maximum Gasteiger partial charge on any atom is 0.408 e. The molecule has 1 N–H and O–H groups in total. The van der Waals surface area contributed by atoms with Gasteiger partial charge >= 0.3 is 6.09 Å². The molecule has 1 aliphatic carbocycles. The minimum atomic E-state index is -0.517. The molecule has 1 amide bonds. The monoisotopic (exact) mass is 325 g/mol. The molecular formula is C16H17Cl2NO2. The highest BCUT2D eigenvalue weighted by Gasteiger charge is 2.43. The Morgan fingerprint density at radius 2 is 1.95 bits per heavy atom. The van der Waals surface area contributed by atoms with Crippen molar-refractivity contribution in [3.63, 3.8) is 0 Å². The van der Waals surface area contributed by atoms with Crippen LogP contribution in [0, 0.1) is 11.8 Å². The Kier molecular flexibility index (Phi) is 4.41. The topological polar surface area (TPSA) is 38.3 Å². The minimum Gasteiger partial charge on any atom is -0.444 e. The highest BCUT2D eigenvalue weighted by molar-refractivity contribution is 6.42. The van der Waals surface area contributed by atoms with Crippen LogP contribution >= 0.6 is 23.2 Å². The Morgan fingerprint density at radius 1 is 1.29 bits per heavy atom. The van der Waals surface area contributed by atoms with E-state index in [1.807, 2.05) is 20.8 Å². The van der Waals surface area contributed by atoms with E-state index in [0.717, 1.165) is 18.4 Å². The number of amides is 1. The van der Waals surface area contributed by atoms with Crippen LogP contribution in [-0.4, -0.2) is 17.2 Å². The van der Waals surface area contributed by atoms with E-state index in [1.165, 1.54) is 0 Å². The fourth-order valence-corrected chi connectivity index (χ4v) is 1.97. The number of halogens is 2. The second-order valence-corrected chi connectivity index (χ2v) is 6.90. The first-order valence-electron chi connectivity index (χ1n) is 6.69. The molecule has 0 aliphatic heterocycles. The van der Waals surface area contributed by atoms with Gasteiger partial charge in [-0.2, -0.15) is 0 Å². The third-order valence-corrected chi connectivity index (χ3v) is 3.59. The zero-order valence-corrected chi connectivity index (χ0v) is 13.7. The normalized spacial score (nSPS) is 15.7. The van der Waals surface area contributed by atoms with E-state index in [4.69, 9.17) is 27.9 Å². The molecule has 1 aromatic rings. The molecule has 1 aliphatic rings. The smallest absolute Gasteiger partial charge is 0.408 e. The van der Waals surface area contributed by atoms with Crippen molar-refractivity contribution in [2.45, 2.75) is 44.8 Å². The lowest BCUT2D eigenvalue weighted by Gasteiger charge is -2.21. The lowest BCUT2D eigenvalue weighted by atomic mass is 10.2. The number of ether oxygens (including phenoxy) is 1. The molecule has 0 bridgehead atoms. The van der Waals surface area contributed by atoms with Crippen LogP contribution in [0.1, 0.15) is 39.2 Å². The Balaban J connectivity index is 2.04. The number of carbonyl (C=O) groups excluding carboxylic acids is 1. The van der Waals surface area contributed by atoms with Gasteiger partial charge < -0.3 is 10.1 Å². The van der Waals surface area contributed by atoms with Gasteiger partial charge in [0.25, 0.3) is 0 Å². The van der Waals surface area contributed by atoms with E-state index in [0.29, 0.717) is 10.0 Å². The number of hydrogen-bond donors (Lipinski definition) is 1. The average Bonchev–Trinajstić information content (AvgIpc) is 3.08. The molecule has 0 spiro atoms. The first-order valence-corrected chi connectivity index (χ1v) is 7.44. The molecule has 2 rings (SSSR count). The van der Waals surface area contributed by atoms with Crippen LogP contribution in [0.25, 0.3) is 0 Å². The minimum absolute atomic E-state index is 0.441. The summed E-state index contributed by atoms with van der Waals surface area (Å²) in [5.41, 5.74) is -0.229. The Bertz CT molecular complexity index is 619. The summed E-state index contributed by atoms with van der Waals surface area (Å²) in [5.74, 6) is 6.11. The zero-order valence-electron chi connectivity index (χ0n) is 12.2. The van der Waals surface area contributed by atoms with E-state index in [9.17, 15) is 4.79 Å². The van der Waals surface area contributed by atoms with Gasteiger partial charge in [0.1, 0.15) is 11.1 Å². The molecule has 1 fully saturated rings. The summed E-state index contributed by atoms with van der Waals surface area (Å²) in [6.45, 7) is 5.48. The van der Waals surface area contributed by atoms with Gasteiger partial charge in [-0.1, -0.05) is 35.0 Å². The lowest BCUT2D eigenvalue weighted by molar-refractivity contribution is 0.0511. The lowest BCUT2D eigenvalue weighted by Crippen LogP contribution is -2.39. The molecule has 1 aromatic carbocycles. The molecular weight excluding hydrogens is 309 g/mol. The molecule has 0 atom stereocenters. The van der Waals surface area contributed by atoms with Crippen molar-refractivity contribution >= 4 is 29.3 Å². The summed E-state index contributed by atoms with van der Waals surface area (Å²) in [7, 11) is 0. The molecule has 5 heteroatoms. The van der Waals surface area contributed by atoms with Crippen LogP contribution in [-0.2, 0) is 4.74 Å². The van der Waals surface area contributed by atoms with Crippen LogP contribution < -0.4 is 5.32 Å². The summed E-state index contributed by atoms with van der Waals surface area (Å²) < 4.78 is 5.24. The number of alkyl carbamates (subject to hydrolysis) is 1. The van der Waals surface area contributed by atoms with Crippen LogP contribution in [0.2, 0.25) is 10.0 Å². The van der Waals surface area contributed by atoms with Gasteiger partial charge in [-0.3, -0.25) is 0 Å². The van der Waals surface area contributed by atoms with Crippen LogP contribution in [0.15, 0.2) is 18.2 Å². The fraction of sp³-hybridized carbons (Fsp3) is 0.438. The highest BCUT2D eigenvalue weighted by atomic mass is 35.5. The van der Waals surface area contributed by atoms with E-state index in [-0.39, 0.29) is 0 Å². The number of nitrogens with one attached hydrogen (secondary N) is 1. The predicted molar refractivity (Wildman–Crippen MR) is 84.7 cm³/mol. The standard InChI is InChI=1S/C16H17Cl2NO2/c1-15(2,3)21-14(20)19-16(8-9-16)7-6-11-4-5-12(17)13(18)10-11/h4-5,10H,8-9H2,1-3H3,(H,19,20). The van der Waals surface area contributed by atoms with Crippen molar-refractivity contribution in [1.29, 1.82) is 0 Å². The molecule has 0 unspecified atom stereocenters. The van der Waals surface area contributed by atoms with Crippen LogP contribution in [0.3, 0.4) is 0 Å². The SMILES string of the molecule is CC(C)(C)OC(=O)NC1(C#Cc2ccc(Cl)c(Cl)c2)CC1. The summed E-state index contributed by atoms with van der Waals surface area (Å²) >= 11 is 11.8. The predicted octanol–water partition coefficient (Wildman–Crippen LogP) is 4.40. The molecule has 0 aromatic heterocycles. The first-order chi connectivity index (χ1) is 9.69. The van der Waals surface area contributed by atoms with Gasteiger partial charge in [-0.15, -0.1) is 0 Å². The maximum atomic E-state index is 11.8. The van der Waals surface area contributed by atoms with Gasteiger partial charge in [0.2, 0.25) is 0 Å². The fourth-order valence-electron chi connectivity index (χ4n) is 1.67. The van der Waals surface area contributed by atoms with Gasteiger partial charge in [-0.25, -0.2) is 4.79 Å². The highest BCUT2D eigenvalue weighted by Crippen LogP contribution is 2.35. The Labute approximate surface area is 135 Å². The van der Waals surface area contributed by atoms with Gasteiger partial charge in [0, 0.05) is 5.56 Å². The van der Waals surface area contributed by atoms with Crippen molar-refractivity contribution < 1.29 is 9.53 Å². The molecule has 21 heavy (non-hydrogen) atoms. The Morgan fingerprint density at radius 3 is 2.48 bits per heavy atom. The van der Waals surface area contributed by atoms with Crippen molar-refractivity contribution in [1.82, 2.24) is 5.32 Å². The molecule has 0 radical (unpaired) electrons. The average molecular weight is 326 g/mol. The van der Waals surface area contributed by atoms with Crippen LogP contribution in [0.4, 0.5) is 4.79 Å². The van der Waals surface area contributed by atoms with Crippen molar-refractivity contribution in [2.24, 2.45) is 0 Å². The second-order valence-electron chi connectivity index (χ2n) is 6.09. The van der Waals surface area contributed by atoms with E-state index < -0.39 is 17.2 Å². The van der Waals surface area contributed by atoms with Crippen LogP contribution in [0.5, 0.6) is 0 Å². The number of benzene rings is 1. The van der Waals surface area contributed by atoms with E-state index in [1.54, 1.807) is 18.2 Å². The van der Waals surface area contributed by atoms with Crippen molar-refractivity contribution in [3.05, 3.63) is 33.8 Å². The summed E-state index contributed by atoms with van der Waals surface area (Å²) in [6.07, 6.45) is 1.20. The third-order valence-electron chi connectivity index (χ3n) is 2.86. The van der Waals surface area contributed by atoms with E-state index >= 15 is 0 Å². The summed E-state index contributed by atoms with van der Waals surface area (Å²) in [5, 5.41) is 3.79. The molecule has 112 valence electrons. The molecule has 3 nitrogen and oxygen atoms in total. The summed E-state index contributed by atoms with van der Waals surface area (Å²) in [6, 6.07) is 5.21. The van der Waals surface area contributed by atoms with Gasteiger partial charge in [-0.05, 0) is 51.8 Å². The number of hydrogen-bond acceptors (Lipinski definition) is 2. The zero-order chi connectivity index (χ0) is 15.7. The molecule has 0 saturated heterocycles. The third kappa shape index (κ3) is 4.84.